The summed E-state index contributed by atoms with van der Waals surface area (Å²) in [6.07, 6.45) is 1.67. The molecule has 1 unspecified atom stereocenters. The Morgan fingerprint density at radius 3 is 2.65 bits per heavy atom. The molecule has 0 spiro atoms. The first-order valence-electron chi connectivity index (χ1n) is 6.40. The van der Waals surface area contributed by atoms with Gasteiger partial charge in [0.1, 0.15) is 0 Å². The van der Waals surface area contributed by atoms with Gasteiger partial charge in [0.25, 0.3) is 0 Å². The zero-order chi connectivity index (χ0) is 14.9. The molecule has 20 heavy (non-hydrogen) atoms. The van der Waals surface area contributed by atoms with Crippen LogP contribution < -0.4 is 0 Å². The molecule has 2 rings (SSSR count). The highest BCUT2D eigenvalue weighted by atomic mass is 16.4. The van der Waals surface area contributed by atoms with E-state index in [9.17, 15) is 4.79 Å². The molecule has 1 N–H and O–H groups in total. The summed E-state index contributed by atoms with van der Waals surface area (Å²) < 4.78 is 3.32. The number of aromatic nitrogens is 6. The Bertz CT molecular complexity index is 615. The molecule has 0 bridgehead atoms. The fourth-order valence-corrected chi connectivity index (χ4v) is 2.10. The van der Waals surface area contributed by atoms with E-state index in [1.807, 2.05) is 27.8 Å². The Balaban J connectivity index is 2.46. The van der Waals surface area contributed by atoms with Crippen LogP contribution in [0.3, 0.4) is 0 Å². The second kappa shape index (κ2) is 5.40. The molecule has 0 radical (unpaired) electrons. The van der Waals surface area contributed by atoms with Gasteiger partial charge in [0.15, 0.2) is 5.82 Å². The Morgan fingerprint density at radius 2 is 2.15 bits per heavy atom. The van der Waals surface area contributed by atoms with Crippen LogP contribution in [-0.2, 0) is 11.8 Å². The summed E-state index contributed by atoms with van der Waals surface area (Å²) in [6.45, 7) is 5.83. The van der Waals surface area contributed by atoms with Crippen LogP contribution in [0.2, 0.25) is 0 Å². The van der Waals surface area contributed by atoms with Gasteiger partial charge in [-0.05, 0) is 23.3 Å². The summed E-state index contributed by atoms with van der Waals surface area (Å²) in [4.78, 5) is 11.0. The van der Waals surface area contributed by atoms with E-state index in [1.165, 1.54) is 0 Å². The molecular weight excluding hydrogens is 260 g/mol. The fraction of sp³-hybridized carbons (Fsp3) is 0.583. The van der Waals surface area contributed by atoms with Crippen molar-refractivity contribution in [1.29, 1.82) is 0 Å². The molecule has 2 aromatic heterocycles. The first kappa shape index (κ1) is 14.2. The van der Waals surface area contributed by atoms with Crippen LogP contribution in [0, 0.1) is 12.8 Å². The molecule has 2 heterocycles. The number of rotatable bonds is 5. The van der Waals surface area contributed by atoms with Crippen LogP contribution >= 0.6 is 0 Å². The van der Waals surface area contributed by atoms with Crippen molar-refractivity contribution in [3.05, 3.63) is 11.9 Å². The van der Waals surface area contributed by atoms with E-state index in [2.05, 4.69) is 20.6 Å². The summed E-state index contributed by atoms with van der Waals surface area (Å²) >= 11 is 0. The van der Waals surface area contributed by atoms with Crippen molar-refractivity contribution >= 4 is 5.97 Å². The predicted octanol–water partition coefficient (Wildman–Crippen LogP) is 1.05. The molecule has 2 aromatic rings. The molecule has 0 aliphatic heterocycles. The predicted molar refractivity (Wildman–Crippen MR) is 70.9 cm³/mol. The maximum Gasteiger partial charge on any atom is 0.305 e. The number of carboxylic acids is 1. The summed E-state index contributed by atoms with van der Waals surface area (Å²) in [5.41, 5.74) is 1.74. The lowest BCUT2D eigenvalue weighted by Gasteiger charge is -2.19. The minimum absolute atomic E-state index is 0.0188. The van der Waals surface area contributed by atoms with Crippen LogP contribution in [0.15, 0.2) is 6.20 Å². The summed E-state index contributed by atoms with van der Waals surface area (Å²) in [5.74, 6) is -0.214. The van der Waals surface area contributed by atoms with Gasteiger partial charge in [-0.25, -0.2) is 4.68 Å². The average molecular weight is 278 g/mol. The molecule has 0 fully saturated rings. The summed E-state index contributed by atoms with van der Waals surface area (Å²) in [6, 6.07) is -0.294. The van der Waals surface area contributed by atoms with Gasteiger partial charge in [0, 0.05) is 12.7 Å². The number of hydrogen-bond acceptors (Lipinski definition) is 5. The largest absolute Gasteiger partial charge is 0.481 e. The smallest absolute Gasteiger partial charge is 0.305 e. The fourth-order valence-electron chi connectivity index (χ4n) is 2.10. The lowest BCUT2D eigenvalue weighted by Crippen LogP contribution is -2.21. The number of carboxylic acid groups (broad SMARTS) is 1. The van der Waals surface area contributed by atoms with Crippen molar-refractivity contribution in [1.82, 2.24) is 30.0 Å². The molecule has 0 amide bonds. The van der Waals surface area contributed by atoms with Gasteiger partial charge in [0.2, 0.25) is 0 Å². The maximum atomic E-state index is 11.0. The standard InChI is InChI=1S/C12H18N6O2/c1-7(2)10(5-11(19)20)18-12(14-15-16-18)9-6-13-17(4)8(9)3/h6-7,10H,5H2,1-4H3,(H,19,20). The molecule has 108 valence electrons. The Kier molecular flexibility index (Phi) is 3.82. The number of tetrazole rings is 1. The topological polar surface area (TPSA) is 98.7 Å². The minimum Gasteiger partial charge on any atom is -0.481 e. The van der Waals surface area contributed by atoms with Crippen LogP contribution in [0.4, 0.5) is 0 Å². The first-order chi connectivity index (χ1) is 9.41. The van der Waals surface area contributed by atoms with Crippen molar-refractivity contribution in [3.8, 4) is 11.4 Å². The lowest BCUT2D eigenvalue weighted by atomic mass is 10.0. The van der Waals surface area contributed by atoms with Crippen molar-refractivity contribution in [2.45, 2.75) is 33.2 Å². The summed E-state index contributed by atoms with van der Waals surface area (Å²) in [5, 5.41) is 24.9. The Labute approximate surface area is 116 Å². The van der Waals surface area contributed by atoms with E-state index in [-0.39, 0.29) is 18.4 Å². The minimum atomic E-state index is -0.868. The molecule has 0 aromatic carbocycles. The first-order valence-corrected chi connectivity index (χ1v) is 6.40. The van der Waals surface area contributed by atoms with Gasteiger partial charge in [-0.1, -0.05) is 13.8 Å². The van der Waals surface area contributed by atoms with E-state index in [0.717, 1.165) is 11.3 Å². The van der Waals surface area contributed by atoms with Crippen molar-refractivity contribution in [2.24, 2.45) is 13.0 Å². The highest BCUT2D eigenvalue weighted by Crippen LogP contribution is 2.27. The van der Waals surface area contributed by atoms with Crippen molar-refractivity contribution in [2.75, 3.05) is 0 Å². The lowest BCUT2D eigenvalue weighted by molar-refractivity contribution is -0.138. The number of hydrogen-bond donors (Lipinski definition) is 1. The third-order valence-corrected chi connectivity index (χ3v) is 3.44. The van der Waals surface area contributed by atoms with Gasteiger partial charge in [-0.3, -0.25) is 9.48 Å². The van der Waals surface area contributed by atoms with Gasteiger partial charge in [-0.15, -0.1) is 5.10 Å². The quantitative estimate of drug-likeness (QED) is 0.877. The van der Waals surface area contributed by atoms with Gasteiger partial charge < -0.3 is 5.11 Å². The van der Waals surface area contributed by atoms with Crippen molar-refractivity contribution < 1.29 is 9.90 Å². The zero-order valence-electron chi connectivity index (χ0n) is 12.0. The van der Waals surface area contributed by atoms with Crippen molar-refractivity contribution in [3.63, 3.8) is 0 Å². The normalized spacial score (nSPS) is 12.8. The second-order valence-electron chi connectivity index (χ2n) is 5.12. The summed E-state index contributed by atoms with van der Waals surface area (Å²) in [7, 11) is 1.84. The number of nitrogens with zero attached hydrogens (tertiary/aromatic N) is 6. The third-order valence-electron chi connectivity index (χ3n) is 3.44. The van der Waals surface area contributed by atoms with Gasteiger partial charge in [-0.2, -0.15) is 5.10 Å². The number of aryl methyl sites for hydroxylation is 1. The maximum absolute atomic E-state index is 11.0. The van der Waals surface area contributed by atoms with Crippen LogP contribution in [0.25, 0.3) is 11.4 Å². The SMILES string of the molecule is Cc1c(-c2nnnn2C(CC(=O)O)C(C)C)cnn1C. The average Bonchev–Trinajstić information content (AvgIpc) is 2.94. The number of carbonyl (C=O) groups is 1. The van der Waals surface area contributed by atoms with Gasteiger partial charge in [0.05, 0.1) is 24.2 Å². The highest BCUT2D eigenvalue weighted by Gasteiger charge is 2.25. The molecule has 0 aliphatic rings. The Hall–Kier alpha value is -2.25. The van der Waals surface area contributed by atoms with Crippen LogP contribution in [0.1, 0.15) is 32.0 Å². The molecular formula is C12H18N6O2. The van der Waals surface area contributed by atoms with Gasteiger partial charge >= 0.3 is 5.97 Å². The molecule has 1 atom stereocenters. The third kappa shape index (κ3) is 2.54. The molecule has 0 aliphatic carbocycles. The Morgan fingerprint density at radius 1 is 1.45 bits per heavy atom. The molecule has 0 saturated heterocycles. The van der Waals surface area contributed by atoms with Crippen LogP contribution in [0.5, 0.6) is 0 Å². The number of aliphatic carboxylic acids is 1. The molecule has 8 heteroatoms. The van der Waals surface area contributed by atoms with E-state index in [1.54, 1.807) is 15.6 Å². The van der Waals surface area contributed by atoms with E-state index in [0.29, 0.717) is 5.82 Å². The molecule has 0 saturated carbocycles. The second-order valence-corrected chi connectivity index (χ2v) is 5.12. The zero-order valence-corrected chi connectivity index (χ0v) is 12.0. The highest BCUT2D eigenvalue weighted by molar-refractivity contribution is 5.67. The van der Waals surface area contributed by atoms with Crippen LogP contribution in [-0.4, -0.2) is 41.1 Å². The van der Waals surface area contributed by atoms with E-state index >= 15 is 0 Å². The monoisotopic (exact) mass is 278 g/mol. The molecule has 8 nitrogen and oxygen atoms in total. The van der Waals surface area contributed by atoms with E-state index in [4.69, 9.17) is 5.11 Å². The van der Waals surface area contributed by atoms with E-state index < -0.39 is 5.97 Å².